The predicted octanol–water partition coefficient (Wildman–Crippen LogP) is 3.23. The molecule has 0 radical (unpaired) electrons. The quantitative estimate of drug-likeness (QED) is 0.799. The number of halogens is 1. The van der Waals surface area contributed by atoms with Crippen molar-refractivity contribution in [1.29, 1.82) is 0 Å². The molecule has 2 aromatic carbocycles. The fourth-order valence-corrected chi connectivity index (χ4v) is 4.07. The van der Waals surface area contributed by atoms with Gasteiger partial charge in [-0.15, -0.1) is 0 Å². The molecular formula is C18H17FO3. The molecule has 1 spiro atoms. The summed E-state index contributed by atoms with van der Waals surface area (Å²) in [7, 11) is 1.24. The summed E-state index contributed by atoms with van der Waals surface area (Å²) in [5, 5.41) is 2.15. The van der Waals surface area contributed by atoms with Gasteiger partial charge in [-0.2, -0.15) is 0 Å². The summed E-state index contributed by atoms with van der Waals surface area (Å²) in [5.41, 5.74) is -1.35. The zero-order chi connectivity index (χ0) is 15.4. The highest BCUT2D eigenvalue weighted by Crippen LogP contribution is 2.65. The number of methoxy groups -OCH3 is 1. The molecule has 3 nitrogen and oxygen atoms in total. The summed E-state index contributed by atoms with van der Waals surface area (Å²) in [5.74, 6) is -1.27. The molecule has 1 aliphatic heterocycles. The highest BCUT2D eigenvalue weighted by atomic mass is 19.1. The van der Waals surface area contributed by atoms with Crippen LogP contribution in [0.5, 0.6) is 0 Å². The lowest BCUT2D eigenvalue weighted by Crippen LogP contribution is -2.68. The smallest absolute Gasteiger partial charge is 0.344 e. The molecular weight excluding hydrogens is 283 g/mol. The number of carbonyl (C=O) groups excluding carboxylic acids is 1. The van der Waals surface area contributed by atoms with Gasteiger partial charge in [0.2, 0.25) is 5.67 Å². The molecule has 0 bridgehead atoms. The lowest BCUT2D eigenvalue weighted by molar-refractivity contribution is -0.241. The maximum atomic E-state index is 15.2. The van der Waals surface area contributed by atoms with Gasteiger partial charge in [-0.25, -0.2) is 9.18 Å². The molecule has 0 amide bonds. The first kappa shape index (κ1) is 13.7. The van der Waals surface area contributed by atoms with Crippen LogP contribution in [0.3, 0.4) is 0 Å². The SMILES string of the molecule is COC(=O)C1(F)CC2(COC2)C1c1ccc2ccccc2c1. The Labute approximate surface area is 128 Å². The van der Waals surface area contributed by atoms with Gasteiger partial charge in [-0.1, -0.05) is 42.5 Å². The van der Waals surface area contributed by atoms with Crippen LogP contribution in [-0.4, -0.2) is 32.0 Å². The molecule has 22 heavy (non-hydrogen) atoms. The number of alkyl halides is 1. The fourth-order valence-electron chi connectivity index (χ4n) is 4.07. The van der Waals surface area contributed by atoms with E-state index in [4.69, 9.17) is 9.47 Å². The van der Waals surface area contributed by atoms with Crippen molar-refractivity contribution in [2.24, 2.45) is 5.41 Å². The first-order chi connectivity index (χ1) is 10.6. The molecule has 1 saturated carbocycles. The summed E-state index contributed by atoms with van der Waals surface area (Å²) in [6.07, 6.45) is 0.185. The van der Waals surface area contributed by atoms with E-state index in [9.17, 15) is 4.79 Å². The van der Waals surface area contributed by atoms with Gasteiger partial charge in [0.15, 0.2) is 0 Å². The van der Waals surface area contributed by atoms with E-state index in [-0.39, 0.29) is 11.8 Å². The van der Waals surface area contributed by atoms with Crippen LogP contribution in [0, 0.1) is 5.41 Å². The molecule has 1 saturated heterocycles. The number of hydrogen-bond donors (Lipinski definition) is 0. The van der Waals surface area contributed by atoms with Crippen LogP contribution >= 0.6 is 0 Å². The normalized spacial score (nSPS) is 28.9. The number of ether oxygens (including phenoxy) is 2. The molecule has 2 atom stereocenters. The number of fused-ring (bicyclic) bond motifs is 1. The summed E-state index contributed by atoms with van der Waals surface area (Å²) in [6, 6.07) is 13.8. The molecule has 2 aliphatic rings. The average molecular weight is 300 g/mol. The second kappa shape index (κ2) is 4.53. The Kier molecular flexibility index (Phi) is 2.82. The van der Waals surface area contributed by atoms with Crippen LogP contribution < -0.4 is 0 Å². The Hall–Kier alpha value is -1.94. The predicted molar refractivity (Wildman–Crippen MR) is 80.4 cm³/mol. The van der Waals surface area contributed by atoms with Crippen LogP contribution in [0.15, 0.2) is 42.5 Å². The highest BCUT2D eigenvalue weighted by molar-refractivity contribution is 5.86. The summed E-state index contributed by atoms with van der Waals surface area (Å²) < 4.78 is 25.2. The van der Waals surface area contributed by atoms with Crippen molar-refractivity contribution >= 4 is 16.7 Å². The molecule has 1 aliphatic carbocycles. The fraction of sp³-hybridized carbons (Fsp3) is 0.389. The van der Waals surface area contributed by atoms with E-state index in [2.05, 4.69) is 0 Å². The van der Waals surface area contributed by atoms with E-state index in [0.717, 1.165) is 16.3 Å². The number of hydrogen-bond acceptors (Lipinski definition) is 3. The minimum atomic E-state index is -1.94. The Bertz CT molecular complexity index is 753. The van der Waals surface area contributed by atoms with Crippen LogP contribution in [0.4, 0.5) is 4.39 Å². The largest absolute Gasteiger partial charge is 0.467 e. The Morgan fingerprint density at radius 1 is 1.23 bits per heavy atom. The second-order valence-corrected chi connectivity index (χ2v) is 6.43. The van der Waals surface area contributed by atoms with Gasteiger partial charge < -0.3 is 9.47 Å². The van der Waals surface area contributed by atoms with Gasteiger partial charge in [0, 0.05) is 17.8 Å². The van der Waals surface area contributed by atoms with Crippen LogP contribution in [0.25, 0.3) is 10.8 Å². The minimum absolute atomic E-state index is 0.185. The Morgan fingerprint density at radius 2 is 1.95 bits per heavy atom. The molecule has 4 heteroatoms. The monoisotopic (exact) mass is 300 g/mol. The van der Waals surface area contributed by atoms with E-state index in [1.54, 1.807) is 0 Å². The van der Waals surface area contributed by atoms with Gasteiger partial charge >= 0.3 is 5.97 Å². The van der Waals surface area contributed by atoms with E-state index >= 15 is 4.39 Å². The molecule has 114 valence electrons. The molecule has 0 N–H and O–H groups in total. The third kappa shape index (κ3) is 1.67. The van der Waals surface area contributed by atoms with Crippen LogP contribution in [0.1, 0.15) is 17.9 Å². The number of esters is 1. The van der Waals surface area contributed by atoms with E-state index < -0.39 is 17.6 Å². The van der Waals surface area contributed by atoms with Crippen LogP contribution in [-0.2, 0) is 14.3 Å². The molecule has 2 fully saturated rings. The number of benzene rings is 2. The average Bonchev–Trinajstić information content (AvgIpc) is 2.49. The number of carbonyl (C=O) groups is 1. The summed E-state index contributed by atoms with van der Waals surface area (Å²) in [4.78, 5) is 12.0. The van der Waals surface area contributed by atoms with Crippen molar-refractivity contribution in [2.45, 2.75) is 18.0 Å². The van der Waals surface area contributed by atoms with Crippen molar-refractivity contribution in [2.75, 3.05) is 20.3 Å². The third-order valence-electron chi connectivity index (χ3n) is 5.09. The lowest BCUT2D eigenvalue weighted by atomic mass is 9.48. The zero-order valence-electron chi connectivity index (χ0n) is 12.3. The van der Waals surface area contributed by atoms with E-state index in [1.807, 2.05) is 42.5 Å². The van der Waals surface area contributed by atoms with Crippen molar-refractivity contribution in [3.63, 3.8) is 0 Å². The summed E-state index contributed by atoms with van der Waals surface area (Å²) in [6.45, 7) is 1.01. The van der Waals surface area contributed by atoms with E-state index in [1.165, 1.54) is 7.11 Å². The maximum Gasteiger partial charge on any atom is 0.344 e. The molecule has 1 heterocycles. The van der Waals surface area contributed by atoms with Crippen molar-refractivity contribution in [1.82, 2.24) is 0 Å². The Morgan fingerprint density at radius 3 is 2.59 bits per heavy atom. The van der Waals surface area contributed by atoms with Gasteiger partial charge in [-0.3, -0.25) is 0 Å². The van der Waals surface area contributed by atoms with Crippen molar-refractivity contribution in [3.8, 4) is 0 Å². The van der Waals surface area contributed by atoms with Crippen molar-refractivity contribution < 1.29 is 18.7 Å². The van der Waals surface area contributed by atoms with Gasteiger partial charge in [0.25, 0.3) is 0 Å². The van der Waals surface area contributed by atoms with Gasteiger partial charge in [-0.05, 0) is 16.3 Å². The standard InChI is InChI=1S/C18H17FO3/c1-21-16(20)18(19)9-17(10-22-11-17)15(18)14-7-6-12-4-2-3-5-13(12)8-14/h2-8,15H,9-11H2,1H3. The summed E-state index contributed by atoms with van der Waals surface area (Å²) >= 11 is 0. The zero-order valence-corrected chi connectivity index (χ0v) is 12.3. The van der Waals surface area contributed by atoms with Gasteiger partial charge in [0.1, 0.15) is 0 Å². The van der Waals surface area contributed by atoms with Crippen LogP contribution in [0.2, 0.25) is 0 Å². The number of rotatable bonds is 2. The maximum absolute atomic E-state index is 15.2. The minimum Gasteiger partial charge on any atom is -0.467 e. The first-order valence-electron chi connectivity index (χ1n) is 7.43. The Balaban J connectivity index is 1.80. The highest BCUT2D eigenvalue weighted by Gasteiger charge is 2.72. The molecule has 0 aromatic heterocycles. The lowest BCUT2D eigenvalue weighted by Gasteiger charge is -2.61. The van der Waals surface area contributed by atoms with E-state index in [0.29, 0.717) is 13.2 Å². The second-order valence-electron chi connectivity index (χ2n) is 6.43. The molecule has 2 unspecified atom stereocenters. The molecule has 2 aromatic rings. The first-order valence-corrected chi connectivity index (χ1v) is 7.43. The molecule has 4 rings (SSSR count). The third-order valence-corrected chi connectivity index (χ3v) is 5.09. The van der Waals surface area contributed by atoms with Gasteiger partial charge in [0.05, 0.1) is 20.3 Å². The van der Waals surface area contributed by atoms with Crippen molar-refractivity contribution in [3.05, 3.63) is 48.0 Å². The topological polar surface area (TPSA) is 35.5 Å².